The molecule has 2 heterocycles. The van der Waals surface area contributed by atoms with Crippen molar-refractivity contribution in [2.45, 2.75) is 38.3 Å². The SMILES string of the molecule is CC(C)c1noc(C2CC(c3ccc(F)cc3)NN2)n1. The zero-order valence-corrected chi connectivity index (χ0v) is 11.4. The van der Waals surface area contributed by atoms with E-state index in [4.69, 9.17) is 4.52 Å². The van der Waals surface area contributed by atoms with Crippen LogP contribution in [0.5, 0.6) is 0 Å². The third-order valence-corrected chi connectivity index (χ3v) is 3.45. The standard InChI is InChI=1S/C14H17FN4O/c1-8(2)13-16-14(20-19-13)12-7-11(17-18-12)9-3-5-10(15)6-4-9/h3-6,8,11-12,17-18H,7H2,1-2H3. The molecule has 1 aromatic carbocycles. The Morgan fingerprint density at radius 2 is 1.90 bits per heavy atom. The molecule has 1 aliphatic heterocycles. The molecule has 1 aromatic heterocycles. The quantitative estimate of drug-likeness (QED) is 0.902. The molecule has 2 atom stereocenters. The molecule has 0 radical (unpaired) electrons. The van der Waals surface area contributed by atoms with Gasteiger partial charge in [0, 0.05) is 12.0 Å². The monoisotopic (exact) mass is 276 g/mol. The van der Waals surface area contributed by atoms with Crippen LogP contribution in [0.25, 0.3) is 0 Å². The minimum absolute atomic E-state index is 0.0231. The first-order chi connectivity index (χ1) is 9.63. The molecule has 0 spiro atoms. The van der Waals surface area contributed by atoms with Gasteiger partial charge >= 0.3 is 0 Å². The van der Waals surface area contributed by atoms with E-state index >= 15 is 0 Å². The Labute approximate surface area is 116 Å². The topological polar surface area (TPSA) is 63.0 Å². The predicted octanol–water partition coefficient (Wildman–Crippen LogP) is 2.61. The number of benzene rings is 1. The van der Waals surface area contributed by atoms with Crippen molar-refractivity contribution in [3.8, 4) is 0 Å². The van der Waals surface area contributed by atoms with Crippen molar-refractivity contribution in [3.05, 3.63) is 47.4 Å². The third-order valence-electron chi connectivity index (χ3n) is 3.45. The number of hydrogen-bond donors (Lipinski definition) is 2. The Morgan fingerprint density at radius 1 is 1.20 bits per heavy atom. The lowest BCUT2D eigenvalue weighted by Gasteiger charge is -2.08. The second-order valence-corrected chi connectivity index (χ2v) is 5.33. The third kappa shape index (κ3) is 2.57. The van der Waals surface area contributed by atoms with Gasteiger partial charge < -0.3 is 4.52 Å². The van der Waals surface area contributed by atoms with Gasteiger partial charge in [0.05, 0.1) is 0 Å². The normalized spacial score (nSPS) is 22.6. The molecule has 0 bridgehead atoms. The first-order valence-electron chi connectivity index (χ1n) is 6.73. The van der Waals surface area contributed by atoms with Crippen molar-refractivity contribution >= 4 is 0 Å². The number of hydrogen-bond acceptors (Lipinski definition) is 5. The lowest BCUT2D eigenvalue weighted by Crippen LogP contribution is -2.26. The average molecular weight is 276 g/mol. The molecule has 2 N–H and O–H groups in total. The van der Waals surface area contributed by atoms with Gasteiger partial charge in [-0.3, -0.25) is 0 Å². The highest BCUT2D eigenvalue weighted by Crippen LogP contribution is 2.30. The largest absolute Gasteiger partial charge is 0.338 e. The number of hydrazine groups is 1. The molecule has 0 aliphatic carbocycles. The van der Waals surface area contributed by atoms with E-state index in [2.05, 4.69) is 21.0 Å². The summed E-state index contributed by atoms with van der Waals surface area (Å²) >= 11 is 0. The van der Waals surface area contributed by atoms with Crippen LogP contribution in [0, 0.1) is 5.82 Å². The van der Waals surface area contributed by atoms with Crippen molar-refractivity contribution in [1.82, 2.24) is 21.0 Å². The number of nitrogens with zero attached hydrogens (tertiary/aromatic N) is 2. The molecular formula is C14H17FN4O. The van der Waals surface area contributed by atoms with E-state index in [0.29, 0.717) is 11.7 Å². The zero-order valence-electron chi connectivity index (χ0n) is 11.4. The second-order valence-electron chi connectivity index (χ2n) is 5.33. The van der Waals surface area contributed by atoms with E-state index in [9.17, 15) is 4.39 Å². The summed E-state index contributed by atoms with van der Waals surface area (Å²) < 4.78 is 18.2. The van der Waals surface area contributed by atoms with Crippen molar-refractivity contribution in [2.24, 2.45) is 0 Å². The fraction of sp³-hybridized carbons (Fsp3) is 0.429. The van der Waals surface area contributed by atoms with Crippen LogP contribution in [0.2, 0.25) is 0 Å². The van der Waals surface area contributed by atoms with Gasteiger partial charge in [0.25, 0.3) is 0 Å². The Bertz CT molecular complexity index is 581. The number of nitrogens with one attached hydrogen (secondary N) is 2. The number of halogens is 1. The van der Waals surface area contributed by atoms with Crippen molar-refractivity contribution in [2.75, 3.05) is 0 Å². The van der Waals surface area contributed by atoms with Gasteiger partial charge in [0.15, 0.2) is 5.82 Å². The molecule has 0 saturated carbocycles. The van der Waals surface area contributed by atoms with Gasteiger partial charge in [-0.05, 0) is 24.1 Å². The Balaban J connectivity index is 1.71. The Morgan fingerprint density at radius 3 is 2.55 bits per heavy atom. The van der Waals surface area contributed by atoms with Crippen LogP contribution in [-0.2, 0) is 0 Å². The molecule has 6 heteroatoms. The first kappa shape index (κ1) is 13.2. The molecule has 106 valence electrons. The summed E-state index contributed by atoms with van der Waals surface area (Å²) in [5, 5.41) is 3.97. The molecular weight excluding hydrogens is 259 g/mol. The van der Waals surface area contributed by atoms with E-state index in [-0.39, 0.29) is 23.8 Å². The molecule has 1 fully saturated rings. The van der Waals surface area contributed by atoms with Gasteiger partial charge in [0.1, 0.15) is 11.9 Å². The molecule has 2 unspecified atom stereocenters. The van der Waals surface area contributed by atoms with E-state index < -0.39 is 0 Å². The van der Waals surface area contributed by atoms with E-state index in [1.165, 1.54) is 12.1 Å². The average Bonchev–Trinajstić information content (AvgIpc) is 3.08. The maximum absolute atomic E-state index is 12.9. The molecule has 1 aliphatic rings. The molecule has 1 saturated heterocycles. The molecule has 0 amide bonds. The van der Waals surface area contributed by atoms with Crippen LogP contribution in [-0.4, -0.2) is 10.1 Å². The van der Waals surface area contributed by atoms with Crippen molar-refractivity contribution in [3.63, 3.8) is 0 Å². The van der Waals surface area contributed by atoms with E-state index in [1.54, 1.807) is 12.1 Å². The van der Waals surface area contributed by atoms with Crippen molar-refractivity contribution < 1.29 is 8.91 Å². The second kappa shape index (κ2) is 5.30. The smallest absolute Gasteiger partial charge is 0.245 e. The van der Waals surface area contributed by atoms with E-state index in [1.807, 2.05) is 13.8 Å². The lowest BCUT2D eigenvalue weighted by molar-refractivity contribution is 0.335. The number of aromatic nitrogens is 2. The summed E-state index contributed by atoms with van der Waals surface area (Å²) in [6.45, 7) is 4.05. The van der Waals surface area contributed by atoms with Crippen LogP contribution < -0.4 is 10.9 Å². The fourth-order valence-corrected chi connectivity index (χ4v) is 2.26. The highest BCUT2D eigenvalue weighted by atomic mass is 19.1. The van der Waals surface area contributed by atoms with Crippen LogP contribution in [0.1, 0.15) is 55.5 Å². The summed E-state index contributed by atoms with van der Waals surface area (Å²) in [7, 11) is 0. The maximum Gasteiger partial charge on any atom is 0.245 e. The van der Waals surface area contributed by atoms with Crippen LogP contribution in [0.4, 0.5) is 4.39 Å². The summed E-state index contributed by atoms with van der Waals surface area (Å²) in [6.07, 6.45) is 0.783. The van der Waals surface area contributed by atoms with Gasteiger partial charge in [-0.2, -0.15) is 4.98 Å². The predicted molar refractivity (Wildman–Crippen MR) is 71.2 cm³/mol. The fourth-order valence-electron chi connectivity index (χ4n) is 2.26. The minimum Gasteiger partial charge on any atom is -0.338 e. The van der Waals surface area contributed by atoms with Gasteiger partial charge in [-0.15, -0.1) is 0 Å². The highest BCUT2D eigenvalue weighted by Gasteiger charge is 2.30. The van der Waals surface area contributed by atoms with Crippen molar-refractivity contribution in [1.29, 1.82) is 0 Å². The van der Waals surface area contributed by atoms with Crippen LogP contribution in [0.15, 0.2) is 28.8 Å². The maximum atomic E-state index is 12.9. The van der Waals surface area contributed by atoms with Crippen LogP contribution in [0.3, 0.4) is 0 Å². The van der Waals surface area contributed by atoms with Gasteiger partial charge in [0.2, 0.25) is 5.89 Å². The summed E-state index contributed by atoms with van der Waals surface area (Å²) in [6, 6.07) is 6.58. The van der Waals surface area contributed by atoms with Gasteiger partial charge in [-0.25, -0.2) is 15.2 Å². The molecule has 2 aromatic rings. The molecule has 20 heavy (non-hydrogen) atoms. The molecule has 5 nitrogen and oxygen atoms in total. The molecule has 3 rings (SSSR count). The van der Waals surface area contributed by atoms with E-state index in [0.717, 1.165) is 12.0 Å². The first-order valence-corrected chi connectivity index (χ1v) is 6.73. The van der Waals surface area contributed by atoms with Gasteiger partial charge in [-0.1, -0.05) is 31.1 Å². The zero-order chi connectivity index (χ0) is 14.1. The summed E-state index contributed by atoms with van der Waals surface area (Å²) in [5.41, 5.74) is 7.36. The van der Waals surface area contributed by atoms with Crippen LogP contribution >= 0.6 is 0 Å². The Hall–Kier alpha value is -1.79. The summed E-state index contributed by atoms with van der Waals surface area (Å²) in [4.78, 5) is 4.39. The lowest BCUT2D eigenvalue weighted by atomic mass is 10.0. The highest BCUT2D eigenvalue weighted by molar-refractivity contribution is 5.21. The Kier molecular flexibility index (Phi) is 3.50. The minimum atomic E-state index is -0.227. The number of rotatable bonds is 3. The summed E-state index contributed by atoms with van der Waals surface area (Å²) in [5.74, 6) is 1.32.